The number of hydrogen-bond donors (Lipinski definition) is 1. The standard InChI is InChI=1S/C8H4N2.C2H6O/c9-5-7-3-1-2-4-8(7)6-10;1-2-3/h1-4H;3H,2H2,1H3. The fourth-order valence-electron chi connectivity index (χ4n) is 0.678. The Morgan fingerprint density at radius 3 is 1.69 bits per heavy atom. The highest BCUT2D eigenvalue weighted by molar-refractivity contribution is 5.44. The van der Waals surface area contributed by atoms with Crippen LogP contribution in [0.3, 0.4) is 0 Å². The second-order valence-corrected chi connectivity index (χ2v) is 2.09. The lowest BCUT2D eigenvalue weighted by atomic mass is 10.1. The quantitative estimate of drug-likeness (QED) is 0.646. The molecule has 3 heteroatoms. The Morgan fingerprint density at radius 1 is 1.15 bits per heavy atom. The first-order valence-corrected chi connectivity index (χ1v) is 3.80. The molecule has 0 spiro atoms. The lowest BCUT2D eigenvalue weighted by molar-refractivity contribution is 0.318. The molecular weight excluding hydrogens is 164 g/mol. The highest BCUT2D eigenvalue weighted by atomic mass is 16.2. The van der Waals surface area contributed by atoms with Crippen molar-refractivity contribution >= 4 is 0 Å². The van der Waals surface area contributed by atoms with Gasteiger partial charge in [0, 0.05) is 6.61 Å². The summed E-state index contributed by atoms with van der Waals surface area (Å²) in [4.78, 5) is 0. The van der Waals surface area contributed by atoms with E-state index in [2.05, 4.69) is 0 Å². The number of aliphatic hydroxyl groups is 1. The number of nitrogens with zero attached hydrogens (tertiary/aromatic N) is 2. The van der Waals surface area contributed by atoms with E-state index in [0.717, 1.165) is 0 Å². The molecule has 0 saturated heterocycles. The Labute approximate surface area is 77.5 Å². The zero-order chi connectivity index (χ0) is 10.1. The van der Waals surface area contributed by atoms with E-state index in [1.807, 2.05) is 12.1 Å². The van der Waals surface area contributed by atoms with E-state index in [1.165, 1.54) is 0 Å². The minimum atomic E-state index is 0.250. The molecule has 0 aliphatic rings. The fraction of sp³-hybridized carbons (Fsp3) is 0.200. The summed E-state index contributed by atoms with van der Waals surface area (Å²) in [5.41, 5.74) is 0.870. The van der Waals surface area contributed by atoms with Gasteiger partial charge in [0.2, 0.25) is 0 Å². The first kappa shape index (κ1) is 11.2. The van der Waals surface area contributed by atoms with E-state index >= 15 is 0 Å². The van der Waals surface area contributed by atoms with Crippen molar-refractivity contribution < 1.29 is 5.11 Å². The van der Waals surface area contributed by atoms with Crippen LogP contribution in [-0.2, 0) is 0 Å². The third kappa shape index (κ3) is 3.91. The van der Waals surface area contributed by atoms with Gasteiger partial charge < -0.3 is 5.11 Å². The van der Waals surface area contributed by atoms with E-state index in [9.17, 15) is 0 Å². The summed E-state index contributed by atoms with van der Waals surface area (Å²) >= 11 is 0. The van der Waals surface area contributed by atoms with Crippen molar-refractivity contribution in [1.82, 2.24) is 0 Å². The molecule has 1 aromatic rings. The Morgan fingerprint density at radius 2 is 1.46 bits per heavy atom. The Kier molecular flexibility index (Phi) is 5.88. The minimum Gasteiger partial charge on any atom is -0.397 e. The minimum absolute atomic E-state index is 0.250. The van der Waals surface area contributed by atoms with Gasteiger partial charge in [-0.25, -0.2) is 0 Å². The summed E-state index contributed by atoms with van der Waals surface area (Å²) in [6.45, 7) is 1.93. The van der Waals surface area contributed by atoms with Gasteiger partial charge in [0.05, 0.1) is 11.1 Å². The molecule has 0 radical (unpaired) electrons. The third-order valence-corrected chi connectivity index (χ3v) is 1.17. The van der Waals surface area contributed by atoms with Crippen LogP contribution >= 0.6 is 0 Å². The predicted molar refractivity (Wildman–Crippen MR) is 48.6 cm³/mol. The van der Waals surface area contributed by atoms with Crippen molar-refractivity contribution in [3.8, 4) is 12.1 Å². The number of nitriles is 2. The Balaban J connectivity index is 0.000000424. The largest absolute Gasteiger partial charge is 0.397 e. The van der Waals surface area contributed by atoms with Gasteiger partial charge in [-0.2, -0.15) is 10.5 Å². The molecular formula is C10H10N2O. The molecule has 13 heavy (non-hydrogen) atoms. The summed E-state index contributed by atoms with van der Waals surface area (Å²) in [6.07, 6.45) is 0. The number of rotatable bonds is 0. The van der Waals surface area contributed by atoms with E-state index in [4.69, 9.17) is 15.6 Å². The monoisotopic (exact) mass is 174 g/mol. The number of benzene rings is 1. The first-order valence-electron chi connectivity index (χ1n) is 3.80. The topological polar surface area (TPSA) is 67.8 Å². The van der Waals surface area contributed by atoms with E-state index in [0.29, 0.717) is 11.1 Å². The van der Waals surface area contributed by atoms with Crippen LogP contribution in [0.4, 0.5) is 0 Å². The van der Waals surface area contributed by atoms with Gasteiger partial charge in [-0.1, -0.05) is 12.1 Å². The maximum absolute atomic E-state index is 8.45. The van der Waals surface area contributed by atoms with E-state index in [1.54, 1.807) is 31.2 Å². The molecule has 0 heterocycles. The molecule has 1 rings (SSSR count). The molecule has 1 aromatic carbocycles. The summed E-state index contributed by atoms with van der Waals surface area (Å²) in [5, 5.41) is 24.5. The van der Waals surface area contributed by atoms with Crippen LogP contribution < -0.4 is 0 Å². The van der Waals surface area contributed by atoms with Crippen LogP contribution in [0.1, 0.15) is 18.1 Å². The van der Waals surface area contributed by atoms with Crippen molar-refractivity contribution in [2.45, 2.75) is 6.92 Å². The lowest BCUT2D eigenvalue weighted by Gasteiger charge is -1.88. The molecule has 0 aliphatic carbocycles. The van der Waals surface area contributed by atoms with Gasteiger partial charge in [0.15, 0.2) is 0 Å². The number of hydrogen-bond acceptors (Lipinski definition) is 3. The molecule has 66 valence electrons. The third-order valence-electron chi connectivity index (χ3n) is 1.17. The Hall–Kier alpha value is -1.84. The van der Waals surface area contributed by atoms with E-state index in [-0.39, 0.29) is 6.61 Å². The summed E-state index contributed by atoms with van der Waals surface area (Å²) in [5.74, 6) is 0. The maximum atomic E-state index is 8.45. The van der Waals surface area contributed by atoms with Crippen molar-refractivity contribution in [2.75, 3.05) is 6.61 Å². The summed E-state index contributed by atoms with van der Waals surface area (Å²) in [7, 11) is 0. The van der Waals surface area contributed by atoms with Gasteiger partial charge in [0.1, 0.15) is 12.1 Å². The van der Waals surface area contributed by atoms with Crippen LogP contribution in [0.25, 0.3) is 0 Å². The average Bonchev–Trinajstić information content (AvgIpc) is 2.19. The van der Waals surface area contributed by atoms with E-state index < -0.39 is 0 Å². The highest BCUT2D eigenvalue weighted by Gasteiger charge is 1.95. The lowest BCUT2D eigenvalue weighted by Crippen LogP contribution is -1.79. The molecule has 0 unspecified atom stereocenters. The van der Waals surface area contributed by atoms with Crippen LogP contribution in [0.5, 0.6) is 0 Å². The van der Waals surface area contributed by atoms with Gasteiger partial charge in [-0.05, 0) is 19.1 Å². The van der Waals surface area contributed by atoms with Gasteiger partial charge in [0.25, 0.3) is 0 Å². The normalized spacial score (nSPS) is 7.38. The molecule has 0 saturated carbocycles. The highest BCUT2D eigenvalue weighted by Crippen LogP contribution is 2.03. The average molecular weight is 174 g/mol. The molecule has 1 N–H and O–H groups in total. The van der Waals surface area contributed by atoms with Crippen molar-refractivity contribution in [3.63, 3.8) is 0 Å². The Bertz CT molecular complexity index is 301. The SMILES string of the molecule is CCO.N#Cc1ccccc1C#N. The predicted octanol–water partition coefficient (Wildman–Crippen LogP) is 1.43. The molecule has 0 bridgehead atoms. The van der Waals surface area contributed by atoms with Crippen molar-refractivity contribution in [3.05, 3.63) is 35.4 Å². The van der Waals surface area contributed by atoms with Gasteiger partial charge in [-0.3, -0.25) is 0 Å². The van der Waals surface area contributed by atoms with Crippen LogP contribution in [0.15, 0.2) is 24.3 Å². The first-order chi connectivity index (χ1) is 6.29. The summed E-state index contributed by atoms with van der Waals surface area (Å²) < 4.78 is 0. The fourth-order valence-corrected chi connectivity index (χ4v) is 0.678. The molecule has 0 atom stereocenters. The second-order valence-electron chi connectivity index (χ2n) is 2.09. The van der Waals surface area contributed by atoms with Gasteiger partial charge in [-0.15, -0.1) is 0 Å². The van der Waals surface area contributed by atoms with Crippen LogP contribution in [-0.4, -0.2) is 11.7 Å². The maximum Gasteiger partial charge on any atom is 0.101 e. The second kappa shape index (κ2) is 6.84. The molecule has 0 fully saturated rings. The van der Waals surface area contributed by atoms with Crippen LogP contribution in [0, 0.1) is 22.7 Å². The molecule has 0 aromatic heterocycles. The van der Waals surface area contributed by atoms with Gasteiger partial charge >= 0.3 is 0 Å². The molecule has 0 aliphatic heterocycles. The molecule has 0 amide bonds. The molecule has 3 nitrogen and oxygen atoms in total. The van der Waals surface area contributed by atoms with Crippen molar-refractivity contribution in [1.29, 1.82) is 10.5 Å². The number of aliphatic hydroxyl groups excluding tert-OH is 1. The van der Waals surface area contributed by atoms with Crippen molar-refractivity contribution in [2.24, 2.45) is 0 Å². The smallest absolute Gasteiger partial charge is 0.101 e. The van der Waals surface area contributed by atoms with Crippen LogP contribution in [0.2, 0.25) is 0 Å². The summed E-state index contributed by atoms with van der Waals surface area (Å²) in [6, 6.07) is 10.6. The zero-order valence-electron chi connectivity index (χ0n) is 7.36. The zero-order valence-corrected chi connectivity index (χ0v) is 7.36.